The normalized spacial score (nSPS) is 16.2. The van der Waals surface area contributed by atoms with Crippen LogP contribution in [0.25, 0.3) is 0 Å². The van der Waals surface area contributed by atoms with E-state index in [1.165, 1.54) is 0 Å². The fourth-order valence-corrected chi connectivity index (χ4v) is 1.14. The molecule has 46 valence electrons. The Kier molecular flexibility index (Phi) is 4.67. The molecule has 0 spiro atoms. The molecule has 0 aliphatic rings. The van der Waals surface area contributed by atoms with E-state index in [0.717, 1.165) is 0 Å². The Morgan fingerprint density at radius 1 is 1.38 bits per heavy atom. The zero-order valence-corrected chi connectivity index (χ0v) is 7.47. The van der Waals surface area contributed by atoms with E-state index in [-0.39, 0.29) is 0 Å². The van der Waals surface area contributed by atoms with Crippen LogP contribution in [0, 0.1) is 0 Å². The summed E-state index contributed by atoms with van der Waals surface area (Å²) in [6.07, 6.45) is 0. The van der Waals surface area contributed by atoms with Gasteiger partial charge >= 0.3 is 59.7 Å². The zero-order chi connectivity index (χ0) is 6.57. The Bertz CT molecular complexity index is 80.1. The third-order valence-electron chi connectivity index (χ3n) is 0.440. The molecule has 0 unspecified atom stereocenters. The average molecular weight is 242 g/mol. The van der Waals surface area contributed by atoms with Gasteiger partial charge in [0, 0.05) is 0 Å². The average Bonchev–Trinajstić information content (AvgIpc) is 1.69. The van der Waals surface area contributed by atoms with Gasteiger partial charge in [-0.2, -0.15) is 0 Å². The number of carbonyl (C=O) groups is 1. The fourth-order valence-electron chi connectivity index (χ4n) is 0.122. The molecule has 3 N–H and O–H groups in total. The predicted octanol–water partition coefficient (Wildman–Crippen LogP) is -1.96. The first-order valence-electron chi connectivity index (χ1n) is 1.63. The summed E-state index contributed by atoms with van der Waals surface area (Å²) in [5.41, 5.74) is 0. The molecule has 6 heteroatoms. The topological polar surface area (TPSA) is 77.8 Å². The van der Waals surface area contributed by atoms with Crippen LogP contribution in [0.3, 0.4) is 0 Å². The Morgan fingerprint density at radius 3 is 1.75 bits per heavy atom. The monoisotopic (exact) mass is 242 g/mol. The molecule has 0 atom stereocenters. The first-order valence-corrected chi connectivity index (χ1v) is 5.48. The molecular weight excluding hydrogens is 238 g/mol. The van der Waals surface area contributed by atoms with Gasteiger partial charge in [0.2, 0.25) is 0 Å². The van der Waals surface area contributed by atoms with Crippen LogP contribution in [0.1, 0.15) is 0 Å². The van der Waals surface area contributed by atoms with Gasteiger partial charge in [0.1, 0.15) is 0 Å². The van der Waals surface area contributed by atoms with Crippen molar-refractivity contribution < 1.29 is 18.1 Å². The van der Waals surface area contributed by atoms with Crippen molar-refractivity contribution in [2.45, 2.75) is 3.49 Å². The Balaban J connectivity index is 3.52. The van der Waals surface area contributed by atoms with E-state index in [9.17, 15) is 4.79 Å². The fraction of sp³-hybridized carbons (Fsp3) is 0.500. The number of hydrogen-bond acceptors (Lipinski definition) is 3. The zero-order valence-electron chi connectivity index (χ0n) is 3.72. The summed E-state index contributed by atoms with van der Waals surface area (Å²) in [5, 5.41) is 8.10. The van der Waals surface area contributed by atoms with Crippen LogP contribution in [0.2, 0.25) is 3.49 Å². The summed E-state index contributed by atoms with van der Waals surface area (Å²) in [5.74, 6) is -1.09. The minimum absolute atomic E-state index is 0.831. The van der Waals surface area contributed by atoms with Gasteiger partial charge in [-0.25, -0.2) is 0 Å². The Morgan fingerprint density at radius 2 is 1.75 bits per heavy atom. The second-order valence-corrected chi connectivity index (χ2v) is 6.00. The summed E-state index contributed by atoms with van der Waals surface area (Å²) < 4.78 is 15.7. The van der Waals surface area contributed by atoms with Crippen LogP contribution in [0.5, 0.6) is 0 Å². The summed E-state index contributed by atoms with van der Waals surface area (Å²) in [6.45, 7) is 0. The van der Waals surface area contributed by atoms with Crippen molar-refractivity contribution in [2.75, 3.05) is 0 Å². The van der Waals surface area contributed by atoms with Gasteiger partial charge in [0.05, 0.1) is 0 Å². The van der Waals surface area contributed by atoms with Crippen molar-refractivity contribution >= 4 is 38.2 Å². The number of hydrogen-bond donors (Lipinski definition) is 3. The summed E-state index contributed by atoms with van der Waals surface area (Å²) in [6, 6.07) is 0. The van der Waals surface area contributed by atoms with Crippen molar-refractivity contribution in [3.8, 4) is 0 Å². The molecule has 0 amide bonds. The van der Waals surface area contributed by atoms with E-state index < -0.39 is 41.6 Å². The molecule has 0 fully saturated rings. The van der Waals surface area contributed by atoms with E-state index in [1.54, 1.807) is 0 Å². The Hall–Kier alpha value is 0.507. The third-order valence-corrected chi connectivity index (χ3v) is 4.54. The predicted molar refractivity (Wildman–Crippen MR) is 27.3 cm³/mol. The van der Waals surface area contributed by atoms with E-state index in [4.69, 9.17) is 13.3 Å². The molecule has 0 saturated heterocycles. The molecule has 0 saturated carbocycles. The molecule has 0 bridgehead atoms. The second kappa shape index (κ2) is 4.39. The SMILES string of the molecule is O=C(O)C([As]O)[As]O. The van der Waals surface area contributed by atoms with Crippen molar-refractivity contribution in [3.05, 3.63) is 0 Å². The standard InChI is InChI=1S/C2H4As2O4/c5-2(6)1(3-7)4-8/h1,7-8H,(H,5,6). The van der Waals surface area contributed by atoms with Crippen molar-refractivity contribution in [2.24, 2.45) is 0 Å². The summed E-state index contributed by atoms with van der Waals surface area (Å²) in [7, 11) is 0. The second-order valence-electron chi connectivity index (χ2n) is 0.943. The first-order chi connectivity index (χ1) is 3.72. The molecule has 8 heavy (non-hydrogen) atoms. The number of aliphatic carboxylic acids is 1. The number of carboxylic acid groups (broad SMARTS) is 1. The maximum atomic E-state index is 9.89. The molecule has 0 rings (SSSR count). The third kappa shape index (κ3) is 2.73. The van der Waals surface area contributed by atoms with E-state index in [0.29, 0.717) is 0 Å². The van der Waals surface area contributed by atoms with Gasteiger partial charge < -0.3 is 0 Å². The molecule has 0 aromatic heterocycles. The van der Waals surface area contributed by atoms with Gasteiger partial charge in [-0.1, -0.05) is 0 Å². The molecule has 2 radical (unpaired) electrons. The molecule has 0 aliphatic heterocycles. The van der Waals surface area contributed by atoms with E-state index >= 15 is 0 Å². The first kappa shape index (κ1) is 8.51. The summed E-state index contributed by atoms with van der Waals surface area (Å²) >= 11 is -2.37. The van der Waals surface area contributed by atoms with Crippen LogP contribution < -0.4 is 0 Å². The van der Waals surface area contributed by atoms with Crippen molar-refractivity contribution in [1.29, 1.82) is 0 Å². The minimum atomic E-state index is -1.18. The van der Waals surface area contributed by atoms with Crippen LogP contribution in [0.15, 0.2) is 0 Å². The number of rotatable bonds is 3. The maximum absolute atomic E-state index is 9.89. The van der Waals surface area contributed by atoms with Gasteiger partial charge in [-0.15, -0.1) is 0 Å². The molecular formula is C2H4As2O4. The van der Waals surface area contributed by atoms with Crippen LogP contribution in [0.4, 0.5) is 0 Å². The molecule has 0 heterocycles. The van der Waals surface area contributed by atoms with Crippen LogP contribution in [-0.2, 0) is 4.79 Å². The van der Waals surface area contributed by atoms with E-state index in [2.05, 4.69) is 0 Å². The molecule has 0 aromatic rings. The van der Waals surface area contributed by atoms with Gasteiger partial charge in [0.25, 0.3) is 0 Å². The Labute approximate surface area is 60.0 Å². The van der Waals surface area contributed by atoms with Gasteiger partial charge in [-0.05, 0) is 0 Å². The quantitative estimate of drug-likeness (QED) is 0.502. The molecule has 0 aliphatic carbocycles. The molecule has 0 aromatic carbocycles. The van der Waals surface area contributed by atoms with E-state index in [1.807, 2.05) is 0 Å². The van der Waals surface area contributed by atoms with Gasteiger partial charge in [-0.3, -0.25) is 0 Å². The molecule has 4 nitrogen and oxygen atoms in total. The number of carboxylic acids is 1. The van der Waals surface area contributed by atoms with Crippen LogP contribution >= 0.6 is 0 Å². The van der Waals surface area contributed by atoms with Crippen LogP contribution in [-0.4, -0.2) is 51.5 Å². The van der Waals surface area contributed by atoms with Gasteiger partial charge in [0.15, 0.2) is 0 Å². The summed E-state index contributed by atoms with van der Waals surface area (Å²) in [4.78, 5) is 9.89. The van der Waals surface area contributed by atoms with Crippen molar-refractivity contribution in [1.82, 2.24) is 0 Å². The van der Waals surface area contributed by atoms with Crippen molar-refractivity contribution in [3.63, 3.8) is 0 Å².